The zero-order valence-electron chi connectivity index (χ0n) is 12.1. The Morgan fingerprint density at radius 3 is 2.48 bits per heavy atom. The molecule has 21 heavy (non-hydrogen) atoms. The minimum absolute atomic E-state index is 0.0118. The molecule has 0 spiro atoms. The first kappa shape index (κ1) is 15.8. The summed E-state index contributed by atoms with van der Waals surface area (Å²) in [6, 6.07) is 1.47. The highest BCUT2D eigenvalue weighted by molar-refractivity contribution is 5.48. The second kappa shape index (κ2) is 5.67. The van der Waals surface area contributed by atoms with Gasteiger partial charge in [0.05, 0.1) is 0 Å². The molecule has 1 atom stereocenters. The summed E-state index contributed by atoms with van der Waals surface area (Å²) in [7, 11) is 0. The lowest BCUT2D eigenvalue weighted by Gasteiger charge is -2.39. The summed E-state index contributed by atoms with van der Waals surface area (Å²) >= 11 is 0. The molecule has 1 heterocycles. The van der Waals surface area contributed by atoms with Crippen molar-refractivity contribution in [1.82, 2.24) is 9.97 Å². The van der Waals surface area contributed by atoms with Gasteiger partial charge in [-0.05, 0) is 18.3 Å². The van der Waals surface area contributed by atoms with Crippen LogP contribution >= 0.6 is 0 Å². The SMILES string of the molecule is CC1(C)CCCCC1Nc1cc(NN)nc(C(F)(F)F)n1. The topological polar surface area (TPSA) is 75.9 Å². The van der Waals surface area contributed by atoms with E-state index in [4.69, 9.17) is 5.84 Å². The van der Waals surface area contributed by atoms with Gasteiger partial charge >= 0.3 is 6.18 Å². The fraction of sp³-hybridized carbons (Fsp3) is 0.692. The second-order valence-electron chi connectivity index (χ2n) is 6.04. The van der Waals surface area contributed by atoms with Gasteiger partial charge in [0.1, 0.15) is 11.6 Å². The molecule has 4 N–H and O–H groups in total. The van der Waals surface area contributed by atoms with E-state index in [1.807, 2.05) is 0 Å². The molecule has 1 aromatic rings. The van der Waals surface area contributed by atoms with Crippen LogP contribution in [0.2, 0.25) is 0 Å². The van der Waals surface area contributed by atoms with Crippen LogP contribution in [0.25, 0.3) is 0 Å². The van der Waals surface area contributed by atoms with Crippen LogP contribution in [0.5, 0.6) is 0 Å². The van der Waals surface area contributed by atoms with Crippen LogP contribution in [0.1, 0.15) is 45.4 Å². The molecule has 1 unspecified atom stereocenters. The second-order valence-corrected chi connectivity index (χ2v) is 6.04. The van der Waals surface area contributed by atoms with Gasteiger partial charge in [0.2, 0.25) is 5.82 Å². The zero-order valence-corrected chi connectivity index (χ0v) is 12.1. The van der Waals surface area contributed by atoms with E-state index in [1.165, 1.54) is 6.07 Å². The first-order chi connectivity index (χ1) is 9.72. The Kier molecular flexibility index (Phi) is 4.27. The Balaban J connectivity index is 2.27. The van der Waals surface area contributed by atoms with Crippen molar-refractivity contribution in [2.45, 2.75) is 51.7 Å². The van der Waals surface area contributed by atoms with E-state index in [-0.39, 0.29) is 23.1 Å². The van der Waals surface area contributed by atoms with Crippen LogP contribution < -0.4 is 16.6 Å². The van der Waals surface area contributed by atoms with E-state index in [1.54, 1.807) is 0 Å². The third-order valence-corrected chi connectivity index (χ3v) is 3.96. The molecule has 1 fully saturated rings. The maximum absolute atomic E-state index is 12.8. The molecular formula is C13H20F3N5. The summed E-state index contributed by atoms with van der Waals surface area (Å²) in [5.41, 5.74) is 2.16. The van der Waals surface area contributed by atoms with E-state index in [0.29, 0.717) is 0 Å². The fourth-order valence-corrected chi connectivity index (χ4v) is 2.66. The van der Waals surface area contributed by atoms with E-state index >= 15 is 0 Å². The number of hydrazine groups is 1. The number of rotatable bonds is 3. The van der Waals surface area contributed by atoms with Gasteiger partial charge in [0.25, 0.3) is 0 Å². The van der Waals surface area contributed by atoms with Crippen LogP contribution in [0.3, 0.4) is 0 Å². The molecular weight excluding hydrogens is 283 g/mol. The molecule has 118 valence electrons. The third kappa shape index (κ3) is 3.75. The Morgan fingerprint density at radius 2 is 1.90 bits per heavy atom. The highest BCUT2D eigenvalue weighted by atomic mass is 19.4. The lowest BCUT2D eigenvalue weighted by atomic mass is 9.73. The van der Waals surface area contributed by atoms with Gasteiger partial charge < -0.3 is 10.7 Å². The molecule has 1 saturated carbocycles. The van der Waals surface area contributed by atoms with Gasteiger partial charge in [0, 0.05) is 12.1 Å². The van der Waals surface area contributed by atoms with E-state index < -0.39 is 12.0 Å². The van der Waals surface area contributed by atoms with Crippen LogP contribution in [0.15, 0.2) is 6.07 Å². The Bertz CT molecular complexity index is 501. The molecule has 2 rings (SSSR count). The number of nitrogens with one attached hydrogen (secondary N) is 2. The maximum atomic E-state index is 12.8. The number of hydrogen-bond donors (Lipinski definition) is 3. The Labute approximate surface area is 121 Å². The molecule has 5 nitrogen and oxygen atoms in total. The standard InChI is InChI=1S/C13H20F3N5/c1-12(2)6-4-3-5-8(12)18-9-7-10(21-17)20-11(19-9)13(14,15)16/h7-8H,3-6,17H2,1-2H3,(H2,18,19,20,21). The van der Waals surface area contributed by atoms with Gasteiger partial charge in [-0.2, -0.15) is 13.2 Å². The molecule has 0 aliphatic heterocycles. The van der Waals surface area contributed by atoms with E-state index in [9.17, 15) is 13.2 Å². The number of anilines is 2. The average molecular weight is 303 g/mol. The summed E-state index contributed by atoms with van der Waals surface area (Å²) in [5.74, 6) is 4.06. The van der Waals surface area contributed by atoms with Crippen molar-refractivity contribution >= 4 is 11.6 Å². The largest absolute Gasteiger partial charge is 0.451 e. The van der Waals surface area contributed by atoms with E-state index in [0.717, 1.165) is 25.7 Å². The molecule has 0 bridgehead atoms. The first-order valence-corrected chi connectivity index (χ1v) is 6.92. The predicted octanol–water partition coefficient (Wildman–Crippen LogP) is 3.16. The van der Waals surface area contributed by atoms with Crippen molar-refractivity contribution in [3.8, 4) is 0 Å². The van der Waals surface area contributed by atoms with Crippen LogP contribution in [-0.2, 0) is 6.18 Å². The van der Waals surface area contributed by atoms with Gasteiger partial charge in [-0.25, -0.2) is 15.8 Å². The number of aromatic nitrogens is 2. The predicted molar refractivity (Wildman–Crippen MR) is 74.5 cm³/mol. The van der Waals surface area contributed by atoms with Gasteiger partial charge in [-0.1, -0.05) is 26.7 Å². The third-order valence-electron chi connectivity index (χ3n) is 3.96. The average Bonchev–Trinajstić information content (AvgIpc) is 2.40. The monoisotopic (exact) mass is 303 g/mol. The number of alkyl halides is 3. The maximum Gasteiger partial charge on any atom is 0.451 e. The lowest BCUT2D eigenvalue weighted by Crippen LogP contribution is -2.39. The fourth-order valence-electron chi connectivity index (χ4n) is 2.66. The minimum Gasteiger partial charge on any atom is -0.367 e. The molecule has 1 aliphatic carbocycles. The van der Waals surface area contributed by atoms with Crippen LogP contribution in [-0.4, -0.2) is 16.0 Å². The molecule has 1 aliphatic rings. The summed E-state index contributed by atoms with van der Waals surface area (Å²) in [6.45, 7) is 4.22. The van der Waals surface area contributed by atoms with Crippen molar-refractivity contribution in [2.24, 2.45) is 11.3 Å². The van der Waals surface area contributed by atoms with Crippen molar-refractivity contribution < 1.29 is 13.2 Å². The normalized spacial score (nSPS) is 21.9. The summed E-state index contributed by atoms with van der Waals surface area (Å²) < 4.78 is 38.4. The number of nitrogens with zero attached hydrogens (tertiary/aromatic N) is 2. The van der Waals surface area contributed by atoms with Gasteiger partial charge in [0.15, 0.2) is 0 Å². The smallest absolute Gasteiger partial charge is 0.367 e. The quantitative estimate of drug-likeness (QED) is 0.590. The minimum atomic E-state index is -4.61. The van der Waals surface area contributed by atoms with E-state index in [2.05, 4.69) is 34.6 Å². The van der Waals surface area contributed by atoms with Crippen LogP contribution in [0, 0.1) is 5.41 Å². The van der Waals surface area contributed by atoms with Crippen LogP contribution in [0.4, 0.5) is 24.8 Å². The Morgan fingerprint density at radius 1 is 1.24 bits per heavy atom. The molecule has 0 radical (unpaired) electrons. The molecule has 8 heteroatoms. The molecule has 0 saturated heterocycles. The zero-order chi connectivity index (χ0) is 15.7. The number of halogens is 3. The van der Waals surface area contributed by atoms with Crippen molar-refractivity contribution in [1.29, 1.82) is 0 Å². The number of nitrogens with two attached hydrogens (primary N) is 1. The first-order valence-electron chi connectivity index (χ1n) is 6.92. The van der Waals surface area contributed by atoms with Gasteiger partial charge in [-0.15, -0.1) is 0 Å². The number of nitrogen functional groups attached to an aromatic ring is 1. The molecule has 0 aromatic carbocycles. The van der Waals surface area contributed by atoms with Gasteiger partial charge in [-0.3, -0.25) is 0 Å². The highest BCUT2D eigenvalue weighted by Crippen LogP contribution is 2.37. The molecule has 0 amide bonds. The number of hydrogen-bond acceptors (Lipinski definition) is 5. The van der Waals surface area contributed by atoms with Crippen molar-refractivity contribution in [2.75, 3.05) is 10.7 Å². The summed E-state index contributed by atoms with van der Waals surface area (Å²) in [6.07, 6.45) is -0.475. The summed E-state index contributed by atoms with van der Waals surface area (Å²) in [4.78, 5) is 6.91. The summed E-state index contributed by atoms with van der Waals surface area (Å²) in [5, 5.41) is 3.11. The Hall–Kier alpha value is -1.57. The van der Waals surface area contributed by atoms with Crippen molar-refractivity contribution in [3.63, 3.8) is 0 Å². The lowest BCUT2D eigenvalue weighted by molar-refractivity contribution is -0.144. The molecule has 1 aromatic heterocycles. The highest BCUT2D eigenvalue weighted by Gasteiger charge is 2.36. The van der Waals surface area contributed by atoms with Crippen molar-refractivity contribution in [3.05, 3.63) is 11.9 Å².